The summed E-state index contributed by atoms with van der Waals surface area (Å²) in [5.74, 6) is 0.510. The third-order valence-electron chi connectivity index (χ3n) is 2.99. The zero-order chi connectivity index (χ0) is 11.8. The molecule has 1 aliphatic rings. The highest BCUT2D eigenvalue weighted by molar-refractivity contribution is 5.88. The summed E-state index contributed by atoms with van der Waals surface area (Å²) < 4.78 is 0. The van der Waals surface area contributed by atoms with Crippen LogP contribution in [0.25, 0.3) is 17.1 Å². The summed E-state index contributed by atoms with van der Waals surface area (Å²) in [4.78, 5) is 17.5. The number of nitrogens with zero attached hydrogens (tertiary/aromatic N) is 2. The number of nitro groups is 1. The third-order valence-corrected chi connectivity index (χ3v) is 2.99. The van der Waals surface area contributed by atoms with Crippen LogP contribution in [0.1, 0.15) is 30.0 Å². The fourth-order valence-corrected chi connectivity index (χ4v) is 2.07. The summed E-state index contributed by atoms with van der Waals surface area (Å²) >= 11 is 0. The molecule has 5 heteroatoms. The number of fused-ring (bicyclic) bond motifs is 1. The molecule has 0 spiro atoms. The van der Waals surface area contributed by atoms with Gasteiger partial charge in [-0.1, -0.05) is 0 Å². The Morgan fingerprint density at radius 1 is 1.53 bits per heavy atom. The molecule has 0 bridgehead atoms. The summed E-state index contributed by atoms with van der Waals surface area (Å²) in [7, 11) is 0. The van der Waals surface area contributed by atoms with Crippen molar-refractivity contribution in [1.82, 2.24) is 9.97 Å². The van der Waals surface area contributed by atoms with Gasteiger partial charge in [0.1, 0.15) is 5.65 Å². The maximum absolute atomic E-state index is 10.4. The SMILES string of the molecule is O=[N+]([O-])C=Cc1c(C2CC2)[nH]c2ncccc12. The Morgan fingerprint density at radius 3 is 3.06 bits per heavy atom. The van der Waals surface area contributed by atoms with Crippen LogP contribution in [0.4, 0.5) is 0 Å². The van der Waals surface area contributed by atoms with E-state index in [9.17, 15) is 10.1 Å². The van der Waals surface area contributed by atoms with Crippen molar-refractivity contribution in [2.45, 2.75) is 18.8 Å². The van der Waals surface area contributed by atoms with E-state index < -0.39 is 4.92 Å². The second-order valence-corrected chi connectivity index (χ2v) is 4.23. The molecular weight excluding hydrogens is 218 g/mol. The van der Waals surface area contributed by atoms with Crippen LogP contribution in [-0.4, -0.2) is 14.9 Å². The lowest BCUT2D eigenvalue weighted by atomic mass is 10.1. The molecule has 17 heavy (non-hydrogen) atoms. The van der Waals surface area contributed by atoms with E-state index in [-0.39, 0.29) is 0 Å². The quantitative estimate of drug-likeness (QED) is 0.649. The number of nitrogens with one attached hydrogen (secondary N) is 1. The number of hydrogen-bond acceptors (Lipinski definition) is 3. The largest absolute Gasteiger partial charge is 0.342 e. The van der Waals surface area contributed by atoms with Gasteiger partial charge in [-0.2, -0.15) is 0 Å². The summed E-state index contributed by atoms with van der Waals surface area (Å²) in [6.07, 6.45) is 6.56. The Hall–Kier alpha value is -2.17. The second kappa shape index (κ2) is 3.69. The van der Waals surface area contributed by atoms with Crippen molar-refractivity contribution in [3.63, 3.8) is 0 Å². The van der Waals surface area contributed by atoms with Crippen LogP contribution in [-0.2, 0) is 0 Å². The van der Waals surface area contributed by atoms with E-state index in [4.69, 9.17) is 0 Å². The van der Waals surface area contributed by atoms with Crippen molar-refractivity contribution in [2.75, 3.05) is 0 Å². The van der Waals surface area contributed by atoms with Gasteiger partial charge in [0.2, 0.25) is 6.20 Å². The Labute approximate surface area is 97.3 Å². The zero-order valence-electron chi connectivity index (χ0n) is 9.09. The van der Waals surface area contributed by atoms with Gasteiger partial charge in [0.25, 0.3) is 0 Å². The van der Waals surface area contributed by atoms with Crippen LogP contribution in [0.3, 0.4) is 0 Å². The van der Waals surface area contributed by atoms with Gasteiger partial charge in [0.05, 0.1) is 4.92 Å². The number of H-pyrrole nitrogens is 1. The van der Waals surface area contributed by atoms with Gasteiger partial charge in [0.15, 0.2) is 0 Å². The van der Waals surface area contributed by atoms with Crippen LogP contribution in [0.5, 0.6) is 0 Å². The molecule has 0 radical (unpaired) electrons. The lowest BCUT2D eigenvalue weighted by Gasteiger charge is -1.94. The van der Waals surface area contributed by atoms with E-state index in [1.807, 2.05) is 12.1 Å². The Kier molecular flexibility index (Phi) is 2.18. The summed E-state index contributed by atoms with van der Waals surface area (Å²) in [6.45, 7) is 0. The predicted octanol–water partition coefficient (Wildman–Crippen LogP) is 2.69. The first kappa shape index (κ1) is 10.0. The van der Waals surface area contributed by atoms with Crippen LogP contribution in [0.2, 0.25) is 0 Å². The molecule has 0 aromatic carbocycles. The molecule has 0 amide bonds. The average Bonchev–Trinajstić information content (AvgIpc) is 3.08. The van der Waals surface area contributed by atoms with Crippen molar-refractivity contribution in [3.05, 3.63) is 45.9 Å². The summed E-state index contributed by atoms with van der Waals surface area (Å²) in [5, 5.41) is 11.4. The highest BCUT2D eigenvalue weighted by Gasteiger charge is 2.28. The summed E-state index contributed by atoms with van der Waals surface area (Å²) in [6, 6.07) is 3.78. The first-order chi connectivity index (χ1) is 8.25. The molecule has 86 valence electrons. The van der Waals surface area contributed by atoms with Crippen molar-refractivity contribution in [2.24, 2.45) is 0 Å². The molecule has 1 fully saturated rings. The topological polar surface area (TPSA) is 71.8 Å². The molecule has 3 rings (SSSR count). The lowest BCUT2D eigenvalue weighted by molar-refractivity contribution is -0.400. The maximum atomic E-state index is 10.4. The minimum atomic E-state index is -0.439. The van der Waals surface area contributed by atoms with E-state index in [1.54, 1.807) is 12.3 Å². The van der Waals surface area contributed by atoms with Crippen LogP contribution in [0, 0.1) is 10.1 Å². The maximum Gasteiger partial charge on any atom is 0.235 e. The minimum Gasteiger partial charge on any atom is -0.342 e. The molecule has 0 unspecified atom stereocenters. The molecule has 2 aromatic heterocycles. The van der Waals surface area contributed by atoms with Gasteiger partial charge < -0.3 is 4.98 Å². The van der Waals surface area contributed by atoms with Gasteiger partial charge >= 0.3 is 0 Å². The van der Waals surface area contributed by atoms with E-state index in [0.717, 1.165) is 41.3 Å². The van der Waals surface area contributed by atoms with Crippen molar-refractivity contribution >= 4 is 17.1 Å². The number of aromatic nitrogens is 2. The van der Waals surface area contributed by atoms with Crippen LogP contribution < -0.4 is 0 Å². The lowest BCUT2D eigenvalue weighted by Crippen LogP contribution is -1.85. The molecule has 0 saturated heterocycles. The monoisotopic (exact) mass is 229 g/mol. The third kappa shape index (κ3) is 1.80. The molecule has 1 saturated carbocycles. The Balaban J connectivity index is 2.17. The van der Waals surface area contributed by atoms with Gasteiger partial charge in [-0.25, -0.2) is 4.98 Å². The minimum absolute atomic E-state index is 0.439. The molecule has 2 aromatic rings. The highest BCUT2D eigenvalue weighted by atomic mass is 16.6. The molecule has 0 atom stereocenters. The molecule has 1 aliphatic carbocycles. The number of rotatable bonds is 3. The average molecular weight is 229 g/mol. The van der Waals surface area contributed by atoms with Crippen LogP contribution in [0.15, 0.2) is 24.5 Å². The molecule has 2 heterocycles. The fraction of sp³-hybridized carbons (Fsp3) is 0.250. The Morgan fingerprint density at radius 2 is 2.35 bits per heavy atom. The zero-order valence-corrected chi connectivity index (χ0v) is 9.09. The normalized spacial score (nSPS) is 15.8. The van der Waals surface area contributed by atoms with Crippen molar-refractivity contribution in [3.8, 4) is 0 Å². The van der Waals surface area contributed by atoms with E-state index in [0.29, 0.717) is 5.92 Å². The first-order valence-corrected chi connectivity index (χ1v) is 5.54. The number of pyridine rings is 1. The smallest absolute Gasteiger partial charge is 0.235 e. The number of hydrogen-bond donors (Lipinski definition) is 1. The molecule has 5 nitrogen and oxygen atoms in total. The molecule has 1 N–H and O–H groups in total. The fourth-order valence-electron chi connectivity index (χ4n) is 2.07. The van der Waals surface area contributed by atoms with Gasteiger partial charge in [-0.15, -0.1) is 0 Å². The van der Waals surface area contributed by atoms with Gasteiger partial charge in [-0.3, -0.25) is 10.1 Å². The van der Waals surface area contributed by atoms with Gasteiger partial charge in [0, 0.05) is 28.9 Å². The first-order valence-electron chi connectivity index (χ1n) is 5.54. The Bertz CT molecular complexity index is 611. The van der Waals surface area contributed by atoms with Crippen molar-refractivity contribution < 1.29 is 4.92 Å². The van der Waals surface area contributed by atoms with Gasteiger partial charge in [-0.05, 0) is 30.9 Å². The second-order valence-electron chi connectivity index (χ2n) is 4.23. The molecule has 0 aliphatic heterocycles. The van der Waals surface area contributed by atoms with E-state index in [2.05, 4.69) is 9.97 Å². The van der Waals surface area contributed by atoms with E-state index in [1.165, 1.54) is 0 Å². The predicted molar refractivity (Wildman–Crippen MR) is 64.1 cm³/mol. The summed E-state index contributed by atoms with van der Waals surface area (Å²) in [5.41, 5.74) is 2.79. The van der Waals surface area contributed by atoms with E-state index >= 15 is 0 Å². The van der Waals surface area contributed by atoms with Crippen LogP contribution >= 0.6 is 0 Å². The highest BCUT2D eigenvalue weighted by Crippen LogP contribution is 2.43. The van der Waals surface area contributed by atoms with Crippen molar-refractivity contribution in [1.29, 1.82) is 0 Å². The molecular formula is C12H11N3O2. The standard InChI is InChI=1S/C12H11N3O2/c16-15(17)7-5-9-10-2-1-6-13-12(10)14-11(9)8-3-4-8/h1-2,5-8H,3-4H2,(H,13,14). The number of aromatic amines is 1.